The van der Waals surface area contributed by atoms with Gasteiger partial charge in [-0.1, -0.05) is 18.2 Å². The zero-order chi connectivity index (χ0) is 17.1. The number of hydrogen-bond donors (Lipinski definition) is 0. The third-order valence-corrected chi connectivity index (χ3v) is 5.13. The summed E-state index contributed by atoms with van der Waals surface area (Å²) in [5.41, 5.74) is 3.62. The van der Waals surface area contributed by atoms with Crippen molar-refractivity contribution in [3.63, 3.8) is 0 Å². The molecular weight excluding hydrogens is 304 g/mol. The van der Waals surface area contributed by atoms with Gasteiger partial charge in [-0.3, -0.25) is 19.4 Å². The molecule has 0 spiro atoms. The third-order valence-electron chi connectivity index (χ3n) is 5.13. The largest absolute Gasteiger partial charge is 0.379 e. The Balaban J connectivity index is 1.57. The number of amides is 2. The van der Waals surface area contributed by atoms with Crippen molar-refractivity contribution in [2.45, 2.75) is 26.7 Å². The van der Waals surface area contributed by atoms with Crippen LogP contribution in [-0.2, 0) is 20.7 Å². The Morgan fingerprint density at radius 2 is 1.83 bits per heavy atom. The van der Waals surface area contributed by atoms with Gasteiger partial charge >= 0.3 is 0 Å². The minimum atomic E-state index is -0.204. The number of morpholine rings is 1. The van der Waals surface area contributed by atoms with Gasteiger partial charge in [0.2, 0.25) is 11.8 Å². The molecule has 1 aromatic rings. The third kappa shape index (κ3) is 3.84. The first-order valence-corrected chi connectivity index (χ1v) is 8.75. The van der Waals surface area contributed by atoms with Crippen LogP contribution in [0.5, 0.6) is 0 Å². The van der Waals surface area contributed by atoms with Crippen molar-refractivity contribution < 1.29 is 14.3 Å². The summed E-state index contributed by atoms with van der Waals surface area (Å²) in [4.78, 5) is 28.6. The van der Waals surface area contributed by atoms with Crippen molar-refractivity contribution in [2.24, 2.45) is 5.92 Å². The summed E-state index contributed by atoms with van der Waals surface area (Å²) in [6.07, 6.45) is 0.995. The number of hydrogen-bond acceptors (Lipinski definition) is 4. The summed E-state index contributed by atoms with van der Waals surface area (Å²) in [7, 11) is 0. The highest BCUT2D eigenvalue weighted by Crippen LogP contribution is 2.24. The van der Waals surface area contributed by atoms with E-state index in [1.807, 2.05) is 0 Å². The van der Waals surface area contributed by atoms with Crippen LogP contribution >= 0.6 is 0 Å². The van der Waals surface area contributed by atoms with Gasteiger partial charge in [0, 0.05) is 32.6 Å². The highest BCUT2D eigenvalue weighted by atomic mass is 16.5. The number of imide groups is 1. The monoisotopic (exact) mass is 330 g/mol. The van der Waals surface area contributed by atoms with Gasteiger partial charge in [0.15, 0.2) is 0 Å². The highest BCUT2D eigenvalue weighted by Gasteiger charge is 2.38. The Kier molecular flexibility index (Phi) is 5.31. The summed E-state index contributed by atoms with van der Waals surface area (Å²) in [5.74, 6) is -0.238. The van der Waals surface area contributed by atoms with Crippen LogP contribution in [0.1, 0.15) is 23.1 Å². The molecule has 130 valence electrons. The molecule has 0 aromatic heterocycles. The molecule has 5 nitrogen and oxygen atoms in total. The molecule has 0 bridgehead atoms. The van der Waals surface area contributed by atoms with Crippen LogP contribution in [0.25, 0.3) is 0 Å². The van der Waals surface area contributed by atoms with Gasteiger partial charge in [-0.2, -0.15) is 0 Å². The number of nitrogens with zero attached hydrogens (tertiary/aromatic N) is 2. The number of carbonyl (C=O) groups is 2. The molecule has 1 atom stereocenters. The number of carbonyl (C=O) groups excluding carboxylic acids is 2. The van der Waals surface area contributed by atoms with Crippen LogP contribution in [0.15, 0.2) is 18.2 Å². The van der Waals surface area contributed by atoms with Gasteiger partial charge in [-0.15, -0.1) is 0 Å². The lowest BCUT2D eigenvalue weighted by molar-refractivity contribution is -0.139. The maximum atomic E-state index is 12.6. The van der Waals surface area contributed by atoms with E-state index in [1.165, 1.54) is 16.0 Å². The second-order valence-corrected chi connectivity index (χ2v) is 6.86. The first-order valence-electron chi connectivity index (χ1n) is 8.75. The van der Waals surface area contributed by atoms with Crippen LogP contribution in [0, 0.1) is 19.8 Å². The molecule has 2 fully saturated rings. The Morgan fingerprint density at radius 3 is 2.54 bits per heavy atom. The van der Waals surface area contributed by atoms with E-state index >= 15 is 0 Å². The first-order chi connectivity index (χ1) is 11.5. The smallest absolute Gasteiger partial charge is 0.233 e. The molecule has 2 heterocycles. The molecule has 0 radical (unpaired) electrons. The molecule has 0 saturated carbocycles. The Hall–Kier alpha value is -1.72. The minimum absolute atomic E-state index is 0.00788. The molecule has 24 heavy (non-hydrogen) atoms. The number of likely N-dealkylation sites (tertiary alicyclic amines) is 1. The van der Waals surface area contributed by atoms with E-state index in [4.69, 9.17) is 4.74 Å². The van der Waals surface area contributed by atoms with Gasteiger partial charge in [0.25, 0.3) is 0 Å². The van der Waals surface area contributed by atoms with Crippen LogP contribution < -0.4 is 0 Å². The number of rotatable bonds is 5. The molecule has 2 aliphatic rings. The average molecular weight is 330 g/mol. The fourth-order valence-electron chi connectivity index (χ4n) is 3.43. The molecule has 1 unspecified atom stereocenters. The first kappa shape index (κ1) is 17.1. The van der Waals surface area contributed by atoms with Crippen molar-refractivity contribution in [2.75, 3.05) is 39.4 Å². The van der Waals surface area contributed by atoms with Gasteiger partial charge in [0.05, 0.1) is 19.1 Å². The Morgan fingerprint density at radius 1 is 1.08 bits per heavy atom. The normalized spacial score (nSPS) is 22.4. The molecule has 5 heteroatoms. The average Bonchev–Trinajstić information content (AvgIpc) is 2.84. The summed E-state index contributed by atoms with van der Waals surface area (Å²) in [5, 5.41) is 0. The summed E-state index contributed by atoms with van der Waals surface area (Å²) < 4.78 is 5.33. The summed E-state index contributed by atoms with van der Waals surface area (Å²) in [6, 6.07) is 6.28. The molecule has 2 saturated heterocycles. The van der Waals surface area contributed by atoms with Crippen LogP contribution in [0.2, 0.25) is 0 Å². The molecule has 2 aliphatic heterocycles. The van der Waals surface area contributed by atoms with E-state index in [0.29, 0.717) is 19.4 Å². The van der Waals surface area contributed by atoms with Gasteiger partial charge in [0.1, 0.15) is 0 Å². The maximum absolute atomic E-state index is 12.6. The van der Waals surface area contributed by atoms with Crippen LogP contribution in [0.4, 0.5) is 0 Å². The minimum Gasteiger partial charge on any atom is -0.379 e. The standard InChI is InChI=1S/C19H26N2O3/c1-14-3-4-16(11-15(14)2)12-17-13-18(22)21(19(17)23)6-5-20-7-9-24-10-8-20/h3-4,11,17H,5-10,12-13H2,1-2H3. The Bertz CT molecular complexity index is 623. The topological polar surface area (TPSA) is 49.9 Å². The van der Waals surface area contributed by atoms with Crippen molar-refractivity contribution in [3.8, 4) is 0 Å². The second-order valence-electron chi connectivity index (χ2n) is 6.86. The van der Waals surface area contributed by atoms with Gasteiger partial charge in [-0.25, -0.2) is 0 Å². The SMILES string of the molecule is Cc1ccc(CC2CC(=O)N(CCN3CCOCC3)C2=O)cc1C. The zero-order valence-corrected chi connectivity index (χ0v) is 14.6. The van der Waals surface area contributed by atoms with Crippen molar-refractivity contribution >= 4 is 11.8 Å². The summed E-state index contributed by atoms with van der Waals surface area (Å²) >= 11 is 0. The predicted molar refractivity (Wildman–Crippen MR) is 91.7 cm³/mol. The van der Waals surface area contributed by atoms with Crippen molar-refractivity contribution in [3.05, 3.63) is 34.9 Å². The van der Waals surface area contributed by atoms with Crippen molar-refractivity contribution in [1.82, 2.24) is 9.80 Å². The predicted octanol–water partition coefficient (Wildman–Crippen LogP) is 1.55. The second kappa shape index (κ2) is 7.45. The highest BCUT2D eigenvalue weighted by molar-refractivity contribution is 6.03. The summed E-state index contributed by atoms with van der Waals surface area (Å²) in [6.45, 7) is 8.63. The van der Waals surface area contributed by atoms with Gasteiger partial charge < -0.3 is 4.74 Å². The molecule has 3 rings (SSSR count). The fourth-order valence-corrected chi connectivity index (χ4v) is 3.43. The molecule has 2 amide bonds. The van der Waals surface area contributed by atoms with E-state index in [2.05, 4.69) is 36.9 Å². The lowest BCUT2D eigenvalue weighted by Crippen LogP contribution is -2.43. The zero-order valence-electron chi connectivity index (χ0n) is 14.6. The van der Waals surface area contributed by atoms with E-state index < -0.39 is 0 Å². The van der Waals surface area contributed by atoms with E-state index in [0.717, 1.165) is 38.4 Å². The van der Waals surface area contributed by atoms with Crippen LogP contribution in [0.3, 0.4) is 0 Å². The quantitative estimate of drug-likeness (QED) is 0.769. The fraction of sp³-hybridized carbons (Fsp3) is 0.579. The van der Waals surface area contributed by atoms with Gasteiger partial charge in [-0.05, 0) is 37.0 Å². The van der Waals surface area contributed by atoms with Crippen LogP contribution in [-0.4, -0.2) is 61.0 Å². The maximum Gasteiger partial charge on any atom is 0.233 e. The van der Waals surface area contributed by atoms with Crippen molar-refractivity contribution in [1.29, 1.82) is 0 Å². The van der Waals surface area contributed by atoms with E-state index in [1.54, 1.807) is 0 Å². The number of aryl methyl sites for hydroxylation is 2. The molecular formula is C19H26N2O3. The lowest BCUT2D eigenvalue weighted by Gasteiger charge is -2.28. The molecule has 0 aliphatic carbocycles. The molecule has 1 aromatic carbocycles. The number of benzene rings is 1. The Labute approximate surface area is 143 Å². The lowest BCUT2D eigenvalue weighted by atomic mass is 9.95. The molecule has 0 N–H and O–H groups in total. The van der Waals surface area contributed by atoms with E-state index in [-0.39, 0.29) is 17.7 Å². The van der Waals surface area contributed by atoms with E-state index in [9.17, 15) is 9.59 Å². The number of ether oxygens (including phenoxy) is 1.